The summed E-state index contributed by atoms with van der Waals surface area (Å²) in [5.74, 6) is 0.821. The number of aryl methyl sites for hydroxylation is 1. The summed E-state index contributed by atoms with van der Waals surface area (Å²) >= 11 is 5.30. The van der Waals surface area contributed by atoms with E-state index >= 15 is 0 Å². The number of hydrazone groups is 1. The standard InChI is InChI=1S/C18H21N3OS/c1-12-6-5-7-17(13(12)2)19-18(23)21-20-14(3)15-8-10-16(22-4)11-9-15/h5-11H,1-4H3,(H2,19,21,23)/b20-14+. The van der Waals surface area contributed by atoms with Crippen molar-refractivity contribution < 1.29 is 4.74 Å². The van der Waals surface area contributed by atoms with Gasteiger partial charge in [-0.3, -0.25) is 5.43 Å². The van der Waals surface area contributed by atoms with Crippen LogP contribution in [0.3, 0.4) is 0 Å². The molecular weight excluding hydrogens is 306 g/mol. The Kier molecular flexibility index (Phi) is 5.71. The van der Waals surface area contributed by atoms with E-state index < -0.39 is 0 Å². The number of methoxy groups -OCH3 is 1. The van der Waals surface area contributed by atoms with Gasteiger partial charge in [-0.25, -0.2) is 0 Å². The molecule has 0 aliphatic heterocycles. The number of hydrogen-bond acceptors (Lipinski definition) is 3. The van der Waals surface area contributed by atoms with Crippen LogP contribution in [0.1, 0.15) is 23.6 Å². The largest absolute Gasteiger partial charge is 0.497 e. The molecule has 0 radical (unpaired) electrons. The average Bonchev–Trinajstić information content (AvgIpc) is 2.57. The van der Waals surface area contributed by atoms with Crippen LogP contribution in [0.25, 0.3) is 0 Å². The van der Waals surface area contributed by atoms with Crippen LogP contribution in [0.4, 0.5) is 5.69 Å². The van der Waals surface area contributed by atoms with Crippen molar-refractivity contribution in [3.63, 3.8) is 0 Å². The fourth-order valence-electron chi connectivity index (χ4n) is 2.07. The SMILES string of the molecule is COc1ccc(/C(C)=N/NC(=S)Nc2cccc(C)c2C)cc1. The second kappa shape index (κ2) is 7.74. The molecule has 0 aliphatic carbocycles. The van der Waals surface area contributed by atoms with Gasteiger partial charge in [0.1, 0.15) is 5.75 Å². The summed E-state index contributed by atoms with van der Waals surface area (Å²) in [4.78, 5) is 0. The molecule has 0 heterocycles. The van der Waals surface area contributed by atoms with Crippen LogP contribution in [0.2, 0.25) is 0 Å². The molecule has 0 saturated heterocycles. The Morgan fingerprint density at radius 3 is 2.43 bits per heavy atom. The van der Waals surface area contributed by atoms with E-state index in [1.165, 1.54) is 11.1 Å². The summed E-state index contributed by atoms with van der Waals surface area (Å²) < 4.78 is 5.15. The quantitative estimate of drug-likeness (QED) is 0.506. The van der Waals surface area contributed by atoms with Crippen molar-refractivity contribution >= 4 is 28.7 Å². The fourth-order valence-corrected chi connectivity index (χ4v) is 2.22. The van der Waals surface area contributed by atoms with Gasteiger partial charge in [0.25, 0.3) is 0 Å². The smallest absolute Gasteiger partial charge is 0.191 e. The molecule has 2 aromatic carbocycles. The van der Waals surface area contributed by atoms with Gasteiger partial charge < -0.3 is 10.1 Å². The lowest BCUT2D eigenvalue weighted by Gasteiger charge is -2.12. The van der Waals surface area contributed by atoms with Crippen LogP contribution in [0.5, 0.6) is 5.75 Å². The van der Waals surface area contributed by atoms with Gasteiger partial charge >= 0.3 is 0 Å². The topological polar surface area (TPSA) is 45.6 Å². The monoisotopic (exact) mass is 327 g/mol. The van der Waals surface area contributed by atoms with Crippen molar-refractivity contribution in [3.8, 4) is 5.75 Å². The normalized spacial score (nSPS) is 11.0. The van der Waals surface area contributed by atoms with Crippen LogP contribution in [-0.2, 0) is 0 Å². The van der Waals surface area contributed by atoms with Gasteiger partial charge in [-0.05, 0) is 80.0 Å². The number of benzene rings is 2. The second-order valence-electron chi connectivity index (χ2n) is 5.24. The van der Waals surface area contributed by atoms with Crippen molar-refractivity contribution in [1.29, 1.82) is 0 Å². The molecule has 2 rings (SSSR count). The highest BCUT2D eigenvalue weighted by Crippen LogP contribution is 2.17. The van der Waals surface area contributed by atoms with E-state index in [0.717, 1.165) is 22.7 Å². The maximum absolute atomic E-state index is 5.30. The maximum atomic E-state index is 5.30. The van der Waals surface area contributed by atoms with Crippen LogP contribution < -0.4 is 15.5 Å². The molecule has 0 amide bonds. The predicted octanol–water partition coefficient (Wildman–Crippen LogP) is 4.02. The fraction of sp³-hybridized carbons (Fsp3) is 0.222. The zero-order chi connectivity index (χ0) is 16.8. The van der Waals surface area contributed by atoms with Gasteiger partial charge in [0, 0.05) is 5.69 Å². The highest BCUT2D eigenvalue weighted by atomic mass is 32.1. The third kappa shape index (κ3) is 4.53. The second-order valence-corrected chi connectivity index (χ2v) is 5.65. The Hall–Kier alpha value is -2.40. The summed E-state index contributed by atoms with van der Waals surface area (Å²) in [5, 5.41) is 7.95. The molecule has 2 aromatic rings. The number of thiocarbonyl (C=S) groups is 1. The highest BCUT2D eigenvalue weighted by molar-refractivity contribution is 7.80. The van der Waals surface area contributed by atoms with Crippen LogP contribution in [0, 0.1) is 13.8 Å². The third-order valence-corrected chi connectivity index (χ3v) is 3.88. The van der Waals surface area contributed by atoms with Gasteiger partial charge in [-0.1, -0.05) is 12.1 Å². The Bertz CT molecular complexity index is 724. The first kappa shape index (κ1) is 17.0. The molecule has 4 nitrogen and oxygen atoms in total. The molecule has 0 saturated carbocycles. The summed E-state index contributed by atoms with van der Waals surface area (Å²) in [6.07, 6.45) is 0. The summed E-state index contributed by atoms with van der Waals surface area (Å²) in [6, 6.07) is 13.8. The van der Waals surface area contributed by atoms with Crippen molar-refractivity contribution in [2.75, 3.05) is 12.4 Å². The Morgan fingerprint density at radius 1 is 1.09 bits per heavy atom. The van der Waals surface area contributed by atoms with E-state index in [0.29, 0.717) is 5.11 Å². The van der Waals surface area contributed by atoms with Crippen LogP contribution >= 0.6 is 12.2 Å². The number of nitrogens with one attached hydrogen (secondary N) is 2. The maximum Gasteiger partial charge on any atom is 0.191 e. The summed E-state index contributed by atoms with van der Waals surface area (Å²) in [7, 11) is 1.65. The van der Waals surface area contributed by atoms with Crippen LogP contribution in [0.15, 0.2) is 47.6 Å². The minimum Gasteiger partial charge on any atom is -0.497 e. The van der Waals surface area contributed by atoms with Crippen molar-refractivity contribution in [2.24, 2.45) is 5.10 Å². The van der Waals surface area contributed by atoms with E-state index in [2.05, 4.69) is 35.8 Å². The molecule has 0 aliphatic rings. The van der Waals surface area contributed by atoms with Gasteiger partial charge in [-0.15, -0.1) is 0 Å². The Morgan fingerprint density at radius 2 is 1.78 bits per heavy atom. The highest BCUT2D eigenvalue weighted by Gasteiger charge is 2.03. The molecule has 5 heteroatoms. The van der Waals surface area contributed by atoms with Crippen molar-refractivity contribution in [3.05, 3.63) is 59.2 Å². The molecule has 2 N–H and O–H groups in total. The van der Waals surface area contributed by atoms with Gasteiger partial charge in [0.2, 0.25) is 0 Å². The van der Waals surface area contributed by atoms with E-state index in [1.54, 1.807) is 7.11 Å². The molecule has 23 heavy (non-hydrogen) atoms. The minimum absolute atomic E-state index is 0.464. The van der Waals surface area contributed by atoms with Crippen molar-refractivity contribution in [2.45, 2.75) is 20.8 Å². The molecule has 0 aromatic heterocycles. The molecule has 0 atom stereocenters. The molecule has 120 valence electrons. The van der Waals surface area contributed by atoms with Crippen LogP contribution in [-0.4, -0.2) is 17.9 Å². The Labute approximate surface area is 142 Å². The summed E-state index contributed by atoms with van der Waals surface area (Å²) in [5.41, 5.74) is 8.11. The lowest BCUT2D eigenvalue weighted by molar-refractivity contribution is 0.415. The first-order chi connectivity index (χ1) is 11.0. The molecular formula is C18H21N3OS. The lowest BCUT2D eigenvalue weighted by Crippen LogP contribution is -2.25. The summed E-state index contributed by atoms with van der Waals surface area (Å²) in [6.45, 7) is 6.06. The number of ether oxygens (including phenoxy) is 1. The first-order valence-corrected chi connectivity index (χ1v) is 7.74. The third-order valence-electron chi connectivity index (χ3n) is 3.69. The minimum atomic E-state index is 0.464. The number of rotatable bonds is 4. The lowest BCUT2D eigenvalue weighted by atomic mass is 10.1. The van der Waals surface area contributed by atoms with Gasteiger partial charge in [0.05, 0.1) is 12.8 Å². The van der Waals surface area contributed by atoms with E-state index in [-0.39, 0.29) is 0 Å². The molecule has 0 fully saturated rings. The predicted molar refractivity (Wildman–Crippen MR) is 100 cm³/mol. The zero-order valence-corrected chi connectivity index (χ0v) is 14.6. The van der Waals surface area contributed by atoms with Gasteiger partial charge in [0.15, 0.2) is 5.11 Å². The molecule has 0 bridgehead atoms. The average molecular weight is 327 g/mol. The van der Waals surface area contributed by atoms with E-state index in [1.807, 2.05) is 43.3 Å². The number of hydrogen-bond donors (Lipinski definition) is 2. The van der Waals surface area contributed by atoms with Gasteiger partial charge in [-0.2, -0.15) is 5.10 Å². The zero-order valence-electron chi connectivity index (χ0n) is 13.8. The number of anilines is 1. The van der Waals surface area contributed by atoms with E-state index in [4.69, 9.17) is 17.0 Å². The first-order valence-electron chi connectivity index (χ1n) is 7.33. The van der Waals surface area contributed by atoms with Crippen molar-refractivity contribution in [1.82, 2.24) is 5.43 Å². The molecule has 0 unspecified atom stereocenters. The molecule has 0 spiro atoms. The van der Waals surface area contributed by atoms with E-state index in [9.17, 15) is 0 Å². The number of nitrogens with zero attached hydrogens (tertiary/aromatic N) is 1. The Balaban J connectivity index is 2.00.